The number of aromatic nitrogens is 2. The van der Waals surface area contributed by atoms with E-state index in [1.165, 1.54) is 19.3 Å². The zero-order chi connectivity index (χ0) is 22.2. The fourth-order valence-electron chi connectivity index (χ4n) is 3.99. The number of nitrogens with one attached hydrogen (secondary N) is 2. The molecule has 4 rings (SSSR count). The van der Waals surface area contributed by atoms with Gasteiger partial charge in [-0.2, -0.15) is 5.10 Å². The molecule has 1 aliphatic heterocycles. The number of aryl methyl sites for hydroxylation is 1. The van der Waals surface area contributed by atoms with Crippen molar-refractivity contribution >= 4 is 11.7 Å². The summed E-state index contributed by atoms with van der Waals surface area (Å²) >= 11 is 0. The van der Waals surface area contributed by atoms with Gasteiger partial charge in [0.1, 0.15) is 12.4 Å². The fourth-order valence-corrected chi connectivity index (χ4v) is 3.99. The van der Waals surface area contributed by atoms with E-state index < -0.39 is 0 Å². The zero-order valence-electron chi connectivity index (χ0n) is 18.6. The topological polar surface area (TPSA) is 71.4 Å². The van der Waals surface area contributed by atoms with Crippen LogP contribution in [0, 0.1) is 0 Å². The number of ether oxygens (including phenoxy) is 1. The summed E-state index contributed by atoms with van der Waals surface area (Å²) in [4.78, 5) is 14.9. The number of carbonyl (C=O) groups excluding carboxylic acids is 1. The average Bonchev–Trinajstić information content (AvgIpc) is 3.25. The van der Waals surface area contributed by atoms with Gasteiger partial charge in [-0.05, 0) is 55.8 Å². The molecule has 0 unspecified atom stereocenters. The van der Waals surface area contributed by atoms with Gasteiger partial charge in [-0.3, -0.25) is 9.58 Å². The Morgan fingerprint density at radius 1 is 1.06 bits per heavy atom. The van der Waals surface area contributed by atoms with Crippen molar-refractivity contribution in [1.82, 2.24) is 20.0 Å². The molecule has 1 saturated heterocycles. The summed E-state index contributed by atoms with van der Waals surface area (Å²) < 4.78 is 7.98. The molecule has 1 aliphatic rings. The Kier molecular flexibility index (Phi) is 7.40. The van der Waals surface area contributed by atoms with Gasteiger partial charge >= 0.3 is 6.03 Å². The summed E-state index contributed by atoms with van der Waals surface area (Å²) in [6.07, 6.45) is 5.63. The van der Waals surface area contributed by atoms with Gasteiger partial charge in [0.25, 0.3) is 0 Å². The van der Waals surface area contributed by atoms with E-state index in [-0.39, 0.29) is 6.03 Å². The van der Waals surface area contributed by atoms with Crippen LogP contribution in [0.25, 0.3) is 11.3 Å². The highest BCUT2D eigenvalue weighted by molar-refractivity contribution is 5.90. The molecule has 32 heavy (non-hydrogen) atoms. The first-order valence-corrected chi connectivity index (χ1v) is 11.3. The number of rotatable bonds is 8. The molecule has 2 aromatic carbocycles. The van der Waals surface area contributed by atoms with E-state index in [9.17, 15) is 4.79 Å². The van der Waals surface area contributed by atoms with Crippen LogP contribution in [0.3, 0.4) is 0 Å². The second-order valence-corrected chi connectivity index (χ2v) is 8.10. The first kappa shape index (κ1) is 21.9. The summed E-state index contributed by atoms with van der Waals surface area (Å²) in [6.45, 7) is 4.33. The molecule has 0 spiro atoms. The van der Waals surface area contributed by atoms with Crippen LogP contribution in [0.1, 0.15) is 24.8 Å². The number of hydrogen-bond donors (Lipinski definition) is 2. The molecule has 0 radical (unpaired) electrons. The highest BCUT2D eigenvalue weighted by Gasteiger charge is 2.14. The van der Waals surface area contributed by atoms with Crippen LogP contribution >= 0.6 is 0 Å². The van der Waals surface area contributed by atoms with Crippen LogP contribution in [-0.2, 0) is 13.6 Å². The second-order valence-electron chi connectivity index (χ2n) is 8.10. The predicted octanol–water partition coefficient (Wildman–Crippen LogP) is 4.27. The van der Waals surface area contributed by atoms with Crippen LogP contribution < -0.4 is 15.4 Å². The quantitative estimate of drug-likeness (QED) is 0.556. The minimum Gasteiger partial charge on any atom is -0.492 e. The lowest BCUT2D eigenvalue weighted by Gasteiger charge is -2.26. The lowest BCUT2D eigenvalue weighted by molar-refractivity contribution is 0.183. The van der Waals surface area contributed by atoms with Crippen LogP contribution in [0.4, 0.5) is 10.5 Å². The van der Waals surface area contributed by atoms with Crippen molar-refractivity contribution in [1.29, 1.82) is 0 Å². The SMILES string of the molecule is Cn1nccc1-c1cc(NC(=O)NCc2ccccc2)ccc1OCCN1CCCCC1. The number of amides is 2. The third-order valence-electron chi connectivity index (χ3n) is 5.74. The zero-order valence-corrected chi connectivity index (χ0v) is 18.6. The Morgan fingerprint density at radius 2 is 1.88 bits per heavy atom. The van der Waals surface area contributed by atoms with Crippen molar-refractivity contribution in [2.75, 3.05) is 31.6 Å². The van der Waals surface area contributed by atoms with E-state index >= 15 is 0 Å². The molecule has 7 heteroatoms. The van der Waals surface area contributed by atoms with E-state index in [0.717, 1.165) is 42.2 Å². The Balaban J connectivity index is 1.42. The minimum atomic E-state index is -0.247. The summed E-state index contributed by atoms with van der Waals surface area (Å²) in [7, 11) is 1.90. The fraction of sp³-hybridized carbons (Fsp3) is 0.360. The van der Waals surface area contributed by atoms with E-state index in [2.05, 4.69) is 20.6 Å². The van der Waals surface area contributed by atoms with Gasteiger partial charge in [-0.1, -0.05) is 36.8 Å². The first-order chi connectivity index (χ1) is 15.7. The Bertz CT molecular complexity index is 1010. The van der Waals surface area contributed by atoms with Crippen LogP contribution in [-0.4, -0.2) is 47.0 Å². The molecule has 0 atom stereocenters. The maximum absolute atomic E-state index is 12.4. The standard InChI is InChI=1S/C25H31N5O2/c1-29-23(12-13-27-29)22-18-21(28-25(31)26-19-20-8-4-2-5-9-20)10-11-24(22)32-17-16-30-14-6-3-7-15-30/h2,4-5,8-13,18H,3,6-7,14-17,19H2,1H3,(H2,26,28,31). The van der Waals surface area contributed by atoms with Crippen LogP contribution in [0.15, 0.2) is 60.8 Å². The molecule has 1 fully saturated rings. The first-order valence-electron chi connectivity index (χ1n) is 11.3. The number of benzene rings is 2. The molecule has 168 valence electrons. The second kappa shape index (κ2) is 10.8. The van der Waals surface area contributed by atoms with Gasteiger partial charge in [-0.15, -0.1) is 0 Å². The van der Waals surface area contributed by atoms with Gasteiger partial charge in [0.2, 0.25) is 0 Å². The van der Waals surface area contributed by atoms with E-state index in [0.29, 0.717) is 18.8 Å². The van der Waals surface area contributed by atoms with Crippen molar-refractivity contribution in [2.45, 2.75) is 25.8 Å². The normalized spacial score (nSPS) is 14.2. The number of hydrogen-bond acceptors (Lipinski definition) is 4. The highest BCUT2D eigenvalue weighted by atomic mass is 16.5. The predicted molar refractivity (Wildman–Crippen MR) is 127 cm³/mol. The van der Waals surface area contributed by atoms with Gasteiger partial charge in [0.15, 0.2) is 0 Å². The maximum Gasteiger partial charge on any atom is 0.319 e. The average molecular weight is 434 g/mol. The molecule has 2 heterocycles. The van der Waals surface area contributed by atoms with Crippen molar-refractivity contribution in [3.8, 4) is 17.0 Å². The molecule has 7 nitrogen and oxygen atoms in total. The number of likely N-dealkylation sites (tertiary alicyclic amines) is 1. The minimum absolute atomic E-state index is 0.247. The summed E-state index contributed by atoms with van der Waals surface area (Å²) in [5.74, 6) is 0.792. The van der Waals surface area contributed by atoms with E-state index in [1.807, 2.05) is 66.3 Å². The Morgan fingerprint density at radius 3 is 2.62 bits per heavy atom. The molecule has 2 amide bonds. The molecule has 1 aromatic heterocycles. The van der Waals surface area contributed by atoms with Crippen LogP contribution in [0.2, 0.25) is 0 Å². The third kappa shape index (κ3) is 5.88. The molecule has 2 N–H and O–H groups in total. The molecule has 3 aromatic rings. The van der Waals surface area contributed by atoms with Crippen molar-refractivity contribution in [3.63, 3.8) is 0 Å². The summed E-state index contributed by atoms with van der Waals surface area (Å²) in [5.41, 5.74) is 3.60. The monoisotopic (exact) mass is 433 g/mol. The number of urea groups is 1. The Hall–Kier alpha value is -3.32. The summed E-state index contributed by atoms with van der Waals surface area (Å²) in [6, 6.07) is 17.3. The lowest BCUT2D eigenvalue weighted by Crippen LogP contribution is -2.33. The summed E-state index contributed by atoms with van der Waals surface area (Å²) in [5, 5.41) is 10.1. The van der Waals surface area contributed by atoms with Gasteiger partial charge < -0.3 is 15.4 Å². The molecular formula is C25H31N5O2. The van der Waals surface area contributed by atoms with Crippen molar-refractivity contribution in [2.24, 2.45) is 7.05 Å². The lowest BCUT2D eigenvalue weighted by atomic mass is 10.1. The molecule has 0 bridgehead atoms. The van der Waals surface area contributed by atoms with E-state index in [4.69, 9.17) is 4.74 Å². The molecule has 0 aliphatic carbocycles. The number of carbonyl (C=O) groups is 1. The highest BCUT2D eigenvalue weighted by Crippen LogP contribution is 2.32. The van der Waals surface area contributed by atoms with Crippen molar-refractivity contribution < 1.29 is 9.53 Å². The molecule has 0 saturated carbocycles. The number of anilines is 1. The van der Waals surface area contributed by atoms with Crippen molar-refractivity contribution in [3.05, 3.63) is 66.4 Å². The van der Waals surface area contributed by atoms with E-state index in [1.54, 1.807) is 6.20 Å². The Labute approximate surface area is 189 Å². The smallest absolute Gasteiger partial charge is 0.319 e. The third-order valence-corrected chi connectivity index (χ3v) is 5.74. The maximum atomic E-state index is 12.4. The van der Waals surface area contributed by atoms with Gasteiger partial charge in [-0.25, -0.2) is 4.79 Å². The molecular weight excluding hydrogens is 402 g/mol. The largest absolute Gasteiger partial charge is 0.492 e. The number of nitrogens with zero attached hydrogens (tertiary/aromatic N) is 3. The van der Waals surface area contributed by atoms with Gasteiger partial charge in [0, 0.05) is 37.6 Å². The van der Waals surface area contributed by atoms with Gasteiger partial charge in [0.05, 0.1) is 5.69 Å². The number of piperidine rings is 1. The van der Waals surface area contributed by atoms with Crippen LogP contribution in [0.5, 0.6) is 5.75 Å².